The number of rotatable bonds is 13. The number of aliphatic hydroxyl groups is 1. The van der Waals surface area contributed by atoms with E-state index in [-0.39, 0.29) is 6.54 Å². The Labute approximate surface area is 123 Å². The Balaban J connectivity index is 4.50. The van der Waals surface area contributed by atoms with Gasteiger partial charge in [-0.2, -0.15) is 0 Å². The highest BCUT2D eigenvalue weighted by molar-refractivity contribution is 5.65. The van der Waals surface area contributed by atoms with Crippen LogP contribution in [0.5, 0.6) is 0 Å². The molecule has 0 aliphatic carbocycles. The number of carboxylic acids is 1. The van der Waals surface area contributed by atoms with Gasteiger partial charge in [-0.15, -0.1) is 6.58 Å². The molecule has 0 bridgehead atoms. The van der Waals surface area contributed by atoms with E-state index in [1.54, 1.807) is 0 Å². The number of carbonyl (C=O) groups excluding carboxylic acids is 1. The number of quaternary nitrogens is 1. The fourth-order valence-corrected chi connectivity index (χ4v) is 2.95. The highest BCUT2D eigenvalue weighted by Crippen LogP contribution is 2.14. The summed E-state index contributed by atoms with van der Waals surface area (Å²) in [4.78, 5) is 11.0. The Hall–Kier alpha value is -0.870. The predicted octanol–water partition coefficient (Wildman–Crippen LogP) is 1.48. The van der Waals surface area contributed by atoms with Gasteiger partial charge in [-0.25, -0.2) is 0 Å². The first-order valence-corrected chi connectivity index (χ1v) is 7.83. The average molecular weight is 285 g/mol. The van der Waals surface area contributed by atoms with E-state index >= 15 is 0 Å². The molecule has 0 saturated carbocycles. The van der Waals surface area contributed by atoms with Crippen molar-refractivity contribution < 1.29 is 19.5 Å². The summed E-state index contributed by atoms with van der Waals surface area (Å²) in [5.74, 6) is -1.02. The number of carbonyl (C=O) groups is 1. The van der Waals surface area contributed by atoms with E-state index in [1.807, 2.05) is 6.08 Å². The first-order chi connectivity index (χ1) is 9.49. The fourth-order valence-electron chi connectivity index (χ4n) is 2.95. The lowest BCUT2D eigenvalue weighted by Gasteiger charge is -2.40. The molecule has 0 radical (unpaired) electrons. The lowest BCUT2D eigenvalue weighted by molar-refractivity contribution is -0.925. The summed E-state index contributed by atoms with van der Waals surface area (Å²) in [5, 5.41) is 21.2. The molecule has 4 heteroatoms. The fraction of sp³-hybridized carbons (Fsp3) is 0.812. The molecule has 0 fully saturated rings. The number of allylic oxidation sites excluding steroid dienone is 1. The van der Waals surface area contributed by atoms with Crippen LogP contribution in [0.3, 0.4) is 0 Å². The summed E-state index contributed by atoms with van der Waals surface area (Å²) >= 11 is 0. The van der Waals surface area contributed by atoms with Gasteiger partial charge in [0.15, 0.2) is 0 Å². The number of aliphatic hydroxyl groups excluding tert-OH is 1. The zero-order valence-electron chi connectivity index (χ0n) is 13.1. The van der Waals surface area contributed by atoms with E-state index in [1.165, 1.54) is 0 Å². The molecule has 4 nitrogen and oxygen atoms in total. The van der Waals surface area contributed by atoms with Crippen molar-refractivity contribution >= 4 is 5.97 Å². The monoisotopic (exact) mass is 285 g/mol. The van der Waals surface area contributed by atoms with Crippen molar-refractivity contribution in [2.45, 2.75) is 58.5 Å². The van der Waals surface area contributed by atoms with Crippen LogP contribution < -0.4 is 5.11 Å². The molecule has 1 unspecified atom stereocenters. The Morgan fingerprint density at radius 3 is 2.35 bits per heavy atom. The largest absolute Gasteiger partial charge is 0.544 e. The van der Waals surface area contributed by atoms with Crippen molar-refractivity contribution in [2.24, 2.45) is 0 Å². The Bertz CT molecular complexity index is 273. The SMILES string of the molecule is C=CCCCCC(O)C[N+](CCC)(CCC)CC(=O)[O-]. The molecule has 20 heavy (non-hydrogen) atoms. The third-order valence-electron chi connectivity index (χ3n) is 3.65. The van der Waals surface area contributed by atoms with Crippen LogP contribution in [-0.4, -0.2) is 47.8 Å². The number of carboxylic acid groups (broad SMARTS) is 1. The van der Waals surface area contributed by atoms with Crippen molar-refractivity contribution in [3.05, 3.63) is 12.7 Å². The molecular weight excluding hydrogens is 254 g/mol. The second kappa shape index (κ2) is 10.9. The van der Waals surface area contributed by atoms with Crippen LogP contribution in [0.15, 0.2) is 12.7 Å². The van der Waals surface area contributed by atoms with Crippen molar-refractivity contribution in [3.8, 4) is 0 Å². The molecule has 1 N–H and O–H groups in total. The average Bonchev–Trinajstić information content (AvgIpc) is 2.34. The van der Waals surface area contributed by atoms with Gasteiger partial charge in [-0.05, 0) is 32.1 Å². The molecule has 0 heterocycles. The van der Waals surface area contributed by atoms with E-state index in [2.05, 4.69) is 20.4 Å². The Morgan fingerprint density at radius 2 is 1.90 bits per heavy atom. The molecule has 0 saturated heterocycles. The predicted molar refractivity (Wildman–Crippen MR) is 80.0 cm³/mol. The maximum absolute atomic E-state index is 11.0. The molecule has 1 atom stereocenters. The van der Waals surface area contributed by atoms with Gasteiger partial charge in [-0.3, -0.25) is 0 Å². The van der Waals surface area contributed by atoms with Crippen molar-refractivity contribution in [1.82, 2.24) is 0 Å². The van der Waals surface area contributed by atoms with E-state index in [0.717, 1.165) is 51.6 Å². The normalized spacial score (nSPS) is 13.2. The van der Waals surface area contributed by atoms with Crippen molar-refractivity contribution in [1.29, 1.82) is 0 Å². The minimum Gasteiger partial charge on any atom is -0.544 e. The first-order valence-electron chi connectivity index (χ1n) is 7.83. The number of unbranched alkanes of at least 4 members (excludes halogenated alkanes) is 2. The van der Waals surface area contributed by atoms with E-state index in [9.17, 15) is 15.0 Å². The van der Waals surface area contributed by atoms with Crippen molar-refractivity contribution in [2.75, 3.05) is 26.2 Å². The van der Waals surface area contributed by atoms with Crippen molar-refractivity contribution in [3.63, 3.8) is 0 Å². The van der Waals surface area contributed by atoms with Gasteiger partial charge >= 0.3 is 0 Å². The minimum atomic E-state index is -1.02. The van der Waals surface area contributed by atoms with E-state index < -0.39 is 12.1 Å². The third-order valence-corrected chi connectivity index (χ3v) is 3.65. The third kappa shape index (κ3) is 8.33. The molecule has 0 aliphatic rings. The van der Waals surface area contributed by atoms with E-state index in [0.29, 0.717) is 11.0 Å². The zero-order valence-corrected chi connectivity index (χ0v) is 13.1. The lowest BCUT2D eigenvalue weighted by Crippen LogP contribution is -2.58. The van der Waals surface area contributed by atoms with Gasteiger partial charge in [0.25, 0.3) is 0 Å². The second-order valence-corrected chi connectivity index (χ2v) is 5.73. The first kappa shape index (κ1) is 19.1. The smallest absolute Gasteiger partial charge is 0.119 e. The highest BCUT2D eigenvalue weighted by Gasteiger charge is 2.28. The van der Waals surface area contributed by atoms with Crippen LogP contribution in [0.4, 0.5) is 0 Å². The van der Waals surface area contributed by atoms with Gasteiger partial charge in [0.1, 0.15) is 19.2 Å². The number of aliphatic carboxylic acids is 1. The molecule has 0 amide bonds. The number of hydrogen-bond acceptors (Lipinski definition) is 3. The maximum atomic E-state index is 11.0. The van der Waals surface area contributed by atoms with E-state index in [4.69, 9.17) is 0 Å². The van der Waals surface area contributed by atoms with Crippen LogP contribution in [0.1, 0.15) is 52.4 Å². The van der Waals surface area contributed by atoms with Crippen LogP contribution in [0.25, 0.3) is 0 Å². The second-order valence-electron chi connectivity index (χ2n) is 5.73. The van der Waals surface area contributed by atoms with Gasteiger partial charge < -0.3 is 19.5 Å². The molecule has 118 valence electrons. The summed E-state index contributed by atoms with van der Waals surface area (Å²) in [6.07, 6.45) is 6.96. The van der Waals surface area contributed by atoms with Crippen LogP contribution in [-0.2, 0) is 4.79 Å². The van der Waals surface area contributed by atoms with Crippen LogP contribution in [0, 0.1) is 0 Å². The molecule has 0 aromatic carbocycles. The van der Waals surface area contributed by atoms with Crippen LogP contribution >= 0.6 is 0 Å². The quantitative estimate of drug-likeness (QED) is 0.317. The molecular formula is C16H31NO3. The topological polar surface area (TPSA) is 60.4 Å². The highest BCUT2D eigenvalue weighted by atomic mass is 16.4. The standard InChI is InChI=1S/C16H31NO3/c1-4-7-8-9-10-15(18)13-17(11-5-2,12-6-3)14-16(19)20/h4,15,18H,1,5-14H2,2-3H3. The molecule has 0 aliphatic heterocycles. The van der Waals surface area contributed by atoms with Crippen LogP contribution in [0.2, 0.25) is 0 Å². The molecule has 0 aromatic heterocycles. The number of nitrogens with zero attached hydrogens (tertiary/aromatic N) is 1. The summed E-state index contributed by atoms with van der Waals surface area (Å²) in [6, 6.07) is 0. The molecule has 0 aromatic rings. The molecule has 0 spiro atoms. The van der Waals surface area contributed by atoms with Gasteiger partial charge in [0.05, 0.1) is 19.1 Å². The summed E-state index contributed by atoms with van der Waals surface area (Å²) in [6.45, 7) is 9.87. The summed E-state index contributed by atoms with van der Waals surface area (Å²) in [7, 11) is 0. The maximum Gasteiger partial charge on any atom is 0.119 e. The minimum absolute atomic E-state index is 0.00535. The molecule has 0 rings (SSSR count). The van der Waals surface area contributed by atoms with Gasteiger partial charge in [0, 0.05) is 0 Å². The zero-order chi connectivity index (χ0) is 15.4. The summed E-state index contributed by atoms with van der Waals surface area (Å²) < 4.78 is 0.442. The number of hydrogen-bond donors (Lipinski definition) is 1. The Kier molecular flexibility index (Phi) is 10.4. The summed E-state index contributed by atoms with van der Waals surface area (Å²) in [5.41, 5.74) is 0. The van der Waals surface area contributed by atoms with Gasteiger partial charge in [0.2, 0.25) is 0 Å². The lowest BCUT2D eigenvalue weighted by atomic mass is 10.1. The Morgan fingerprint density at radius 1 is 1.30 bits per heavy atom. The van der Waals surface area contributed by atoms with Gasteiger partial charge in [-0.1, -0.05) is 26.3 Å².